The van der Waals surface area contributed by atoms with E-state index in [1.165, 1.54) is 94.5 Å². The van der Waals surface area contributed by atoms with Crippen molar-refractivity contribution in [3.8, 4) is 28.5 Å². The Morgan fingerprint density at radius 2 is 0.765 bits per heavy atom. The molecule has 0 aliphatic carbocycles. The third-order valence-corrected chi connectivity index (χ3v) is 18.1. The molecule has 0 atom stereocenters. The Morgan fingerprint density at radius 1 is 0.309 bits per heavy atom. The van der Waals surface area contributed by atoms with E-state index < -0.39 is 0 Å². The molecule has 81 heavy (non-hydrogen) atoms. The molecule has 18 aromatic rings. The quantitative estimate of drug-likeness (QED) is 0.179. The number of rotatable bonds is 3. The third kappa shape index (κ3) is 8.19. The third-order valence-electron chi connectivity index (χ3n) is 15.6. The Balaban J connectivity index is 0.000000112. The van der Waals surface area contributed by atoms with Crippen molar-refractivity contribution in [2.45, 2.75) is 0 Å². The molecule has 0 fully saturated rings. The van der Waals surface area contributed by atoms with E-state index >= 15 is 0 Å². The number of halogens is 1. The Kier molecular flexibility index (Phi) is 11.3. The number of benzene rings is 12. The number of hydrogen-bond donors (Lipinski definition) is 1. The molecule has 0 amide bonds. The van der Waals surface area contributed by atoms with Crippen LogP contribution in [-0.2, 0) is 0 Å². The molecule has 0 saturated carbocycles. The lowest BCUT2D eigenvalue weighted by Gasteiger charge is -2.11. The van der Waals surface area contributed by atoms with Crippen molar-refractivity contribution < 1.29 is 0 Å². The van der Waals surface area contributed by atoms with Crippen LogP contribution >= 0.6 is 38.6 Å². The molecule has 0 aliphatic heterocycles. The van der Waals surface area contributed by atoms with E-state index in [1.807, 2.05) is 77.3 Å². The van der Waals surface area contributed by atoms with Gasteiger partial charge >= 0.3 is 0 Å². The summed E-state index contributed by atoms with van der Waals surface area (Å²) in [5.74, 6) is 0.690. The molecule has 12 aromatic carbocycles. The number of fused-ring (bicyclic) bond motifs is 16. The lowest BCUT2D eigenvalue weighted by atomic mass is 10.0. The smallest absolute Gasteiger partial charge is 0.235 e. The summed E-state index contributed by atoms with van der Waals surface area (Å²) < 4.78 is 8.15. The Morgan fingerprint density at radius 3 is 1.40 bits per heavy atom. The number of aromatic amines is 1. The highest BCUT2D eigenvalue weighted by atomic mass is 79.9. The van der Waals surface area contributed by atoms with Crippen molar-refractivity contribution in [2.75, 3.05) is 0 Å². The van der Waals surface area contributed by atoms with Crippen molar-refractivity contribution in [1.29, 1.82) is 0 Å². The van der Waals surface area contributed by atoms with Crippen LogP contribution in [0, 0.1) is 0 Å². The fourth-order valence-electron chi connectivity index (χ4n) is 11.8. The summed E-state index contributed by atoms with van der Waals surface area (Å²) in [4.78, 5) is 22.7. The second kappa shape index (κ2) is 19.3. The number of para-hydroxylation sites is 4. The lowest BCUT2D eigenvalue weighted by molar-refractivity contribution is 1.01. The van der Waals surface area contributed by atoms with Gasteiger partial charge in [0.1, 0.15) is 0 Å². The van der Waals surface area contributed by atoms with Crippen LogP contribution in [0.15, 0.2) is 260 Å². The summed E-state index contributed by atoms with van der Waals surface area (Å²) in [7, 11) is 0. The van der Waals surface area contributed by atoms with E-state index in [9.17, 15) is 0 Å². The first-order valence-corrected chi connectivity index (χ1v) is 29.3. The first kappa shape index (κ1) is 47.4. The van der Waals surface area contributed by atoms with Crippen molar-refractivity contribution >= 4 is 166 Å². The molecular formula is C72H43BrN6S2. The van der Waals surface area contributed by atoms with Crippen LogP contribution in [0.2, 0.25) is 0 Å². The van der Waals surface area contributed by atoms with Crippen LogP contribution in [0.1, 0.15) is 0 Å². The zero-order chi connectivity index (χ0) is 53.5. The number of nitrogens with zero attached hydrogens (tertiary/aromatic N) is 5. The molecule has 1 N–H and O–H groups in total. The maximum Gasteiger partial charge on any atom is 0.235 e. The minimum Gasteiger partial charge on any atom is -0.354 e. The number of H-pyrrole nitrogens is 1. The minimum atomic E-state index is 0.620. The monoisotopic (exact) mass is 1130 g/mol. The van der Waals surface area contributed by atoms with Gasteiger partial charge in [0.25, 0.3) is 0 Å². The summed E-state index contributed by atoms with van der Waals surface area (Å²) in [6.07, 6.45) is 0. The zero-order valence-corrected chi connectivity index (χ0v) is 46.4. The van der Waals surface area contributed by atoms with Gasteiger partial charge in [-0.1, -0.05) is 182 Å². The van der Waals surface area contributed by atoms with Crippen LogP contribution in [0.25, 0.3) is 156 Å². The van der Waals surface area contributed by atoms with Gasteiger partial charge in [0.05, 0.1) is 33.5 Å². The van der Waals surface area contributed by atoms with Gasteiger partial charge in [-0.25, -0.2) is 19.9 Å². The standard InChI is InChI=1S/C36H21N3S.C22H13NS.C14H9BrN2/c1-2-10-22(11-3-1)35-26-15-6-8-16-30(26)37-36(38-35)39-31-17-9-7-14-25(31)27-20-29-28-18-23-12-4-5-13-24(23)19-33(28)40-34(29)21-32(27)39;1-2-6-14-10-21-17(9-13(14)5-1)18-11-16-15-7-3-4-8-19(15)23-20(16)12-22(18)24-21;15-14-16-12-9-5-4-8-11(12)13(17-14)10-6-2-1-3-7-10/h1-21H;1-12,23H;1-9H. The molecule has 0 unspecified atom stereocenters. The van der Waals surface area contributed by atoms with E-state index in [0.717, 1.165) is 55.4 Å². The summed E-state index contributed by atoms with van der Waals surface area (Å²) in [5.41, 5.74) is 10.6. The Hall–Kier alpha value is -9.64. The molecule has 0 aliphatic rings. The average Bonchev–Trinajstić information content (AvgIpc) is 4.46. The van der Waals surface area contributed by atoms with Gasteiger partial charge in [0, 0.05) is 94.8 Å². The molecule has 18 rings (SSSR count). The van der Waals surface area contributed by atoms with Crippen LogP contribution < -0.4 is 0 Å². The summed E-state index contributed by atoms with van der Waals surface area (Å²) in [6.45, 7) is 0. The highest BCUT2D eigenvalue weighted by Crippen LogP contribution is 2.43. The number of hydrogen-bond acceptors (Lipinski definition) is 6. The van der Waals surface area contributed by atoms with Gasteiger partial charge in [-0.3, -0.25) is 4.57 Å². The first-order valence-electron chi connectivity index (χ1n) is 26.9. The second-order valence-electron chi connectivity index (χ2n) is 20.4. The maximum absolute atomic E-state index is 5.23. The van der Waals surface area contributed by atoms with Gasteiger partial charge in [0.15, 0.2) is 4.73 Å². The highest BCUT2D eigenvalue weighted by molar-refractivity contribution is 9.10. The SMILES string of the molecule is Brc1nc(-c2ccccc2)c2ccccc2n1.c1ccc(-c2nc(-n3c4ccccc4c4cc5c(cc43)sc3cc4ccccc4cc35)nc3ccccc23)cc1.c1ccc2cc3c(cc2c1)sc1cc2[nH]c4ccccc4c2cc13. The van der Waals surface area contributed by atoms with Crippen LogP contribution in [0.4, 0.5) is 0 Å². The number of thiophene rings is 2. The molecular weight excluding hydrogens is 1090 g/mol. The Bertz CT molecular complexity index is 5500. The lowest BCUT2D eigenvalue weighted by Crippen LogP contribution is -2.03. The predicted molar refractivity (Wildman–Crippen MR) is 349 cm³/mol. The normalized spacial score (nSPS) is 11.8. The minimum absolute atomic E-state index is 0.620. The fraction of sp³-hybridized carbons (Fsp3) is 0. The van der Waals surface area contributed by atoms with E-state index in [0.29, 0.717) is 10.7 Å². The van der Waals surface area contributed by atoms with Crippen molar-refractivity contribution in [3.63, 3.8) is 0 Å². The molecule has 6 aromatic heterocycles. The summed E-state index contributed by atoms with van der Waals surface area (Å²) >= 11 is 7.09. The molecule has 0 spiro atoms. The molecule has 6 heterocycles. The van der Waals surface area contributed by atoms with E-state index in [4.69, 9.17) is 9.97 Å². The topological polar surface area (TPSA) is 72.3 Å². The maximum atomic E-state index is 5.23. The first-order chi connectivity index (χ1) is 40.0. The van der Waals surface area contributed by atoms with E-state index in [-0.39, 0.29) is 0 Å². The van der Waals surface area contributed by atoms with E-state index in [1.54, 1.807) is 0 Å². The van der Waals surface area contributed by atoms with Crippen LogP contribution in [0.5, 0.6) is 0 Å². The molecule has 0 saturated heterocycles. The van der Waals surface area contributed by atoms with Gasteiger partial charge in [-0.15, -0.1) is 22.7 Å². The van der Waals surface area contributed by atoms with Gasteiger partial charge in [-0.2, -0.15) is 0 Å². The van der Waals surface area contributed by atoms with Crippen LogP contribution in [0.3, 0.4) is 0 Å². The largest absolute Gasteiger partial charge is 0.354 e. The Labute approximate surface area is 480 Å². The summed E-state index contributed by atoms with van der Waals surface area (Å²) in [5, 5.41) is 17.7. The van der Waals surface area contributed by atoms with Gasteiger partial charge in [0.2, 0.25) is 5.95 Å². The molecule has 0 bridgehead atoms. The molecule has 9 heteroatoms. The van der Waals surface area contributed by atoms with Crippen molar-refractivity contribution in [2.24, 2.45) is 0 Å². The molecule has 380 valence electrons. The second-order valence-corrected chi connectivity index (χ2v) is 23.2. The predicted octanol–water partition coefficient (Wildman–Crippen LogP) is 20.8. The number of nitrogens with one attached hydrogen (secondary N) is 1. The zero-order valence-electron chi connectivity index (χ0n) is 43.2. The molecule has 0 radical (unpaired) electrons. The number of aromatic nitrogens is 6. The van der Waals surface area contributed by atoms with Crippen molar-refractivity contribution in [1.82, 2.24) is 29.5 Å². The fourth-order valence-corrected chi connectivity index (χ4v) is 14.5. The van der Waals surface area contributed by atoms with Gasteiger partial charge < -0.3 is 4.98 Å². The summed E-state index contributed by atoms with van der Waals surface area (Å²) in [6, 6.07) is 89.9. The van der Waals surface area contributed by atoms with E-state index in [2.05, 4.69) is 236 Å². The van der Waals surface area contributed by atoms with Gasteiger partial charge in [-0.05, 0) is 110 Å². The highest BCUT2D eigenvalue weighted by Gasteiger charge is 2.20. The molecule has 6 nitrogen and oxygen atoms in total. The van der Waals surface area contributed by atoms with Crippen molar-refractivity contribution in [3.05, 3.63) is 260 Å². The average molecular weight is 1140 g/mol. The van der Waals surface area contributed by atoms with Crippen LogP contribution in [-0.4, -0.2) is 29.5 Å².